The number of pyridine rings is 1. The first kappa shape index (κ1) is 10.4. The molecule has 1 saturated carbocycles. The van der Waals surface area contributed by atoms with Crippen LogP contribution in [-0.4, -0.2) is 20.2 Å². The molecule has 0 saturated heterocycles. The molecule has 0 atom stereocenters. The predicted molar refractivity (Wildman–Crippen MR) is 60.8 cm³/mol. The van der Waals surface area contributed by atoms with Crippen LogP contribution >= 0.6 is 0 Å². The van der Waals surface area contributed by atoms with Gasteiger partial charge >= 0.3 is 0 Å². The third-order valence-corrected chi connectivity index (χ3v) is 3.20. The van der Waals surface area contributed by atoms with Crippen LogP contribution in [0.2, 0.25) is 0 Å². The van der Waals surface area contributed by atoms with E-state index in [2.05, 4.69) is 20.2 Å². The Kier molecular flexibility index (Phi) is 2.59. The van der Waals surface area contributed by atoms with Gasteiger partial charge in [0.25, 0.3) is 0 Å². The van der Waals surface area contributed by atoms with Gasteiger partial charge in [-0.25, -0.2) is 14.4 Å². The minimum Gasteiger partial charge on any atom is -0.262 e. The minimum absolute atomic E-state index is 0.347. The summed E-state index contributed by atoms with van der Waals surface area (Å²) in [6.07, 6.45) is 6.04. The van der Waals surface area contributed by atoms with Gasteiger partial charge in [-0.1, -0.05) is 12.8 Å². The number of rotatable bonds is 2. The summed E-state index contributed by atoms with van der Waals surface area (Å²) < 4.78 is 12.7. The molecule has 2 aromatic heterocycles. The molecule has 4 nitrogen and oxygen atoms in total. The highest BCUT2D eigenvalue weighted by atomic mass is 19.1. The van der Waals surface area contributed by atoms with Gasteiger partial charge < -0.3 is 0 Å². The van der Waals surface area contributed by atoms with Crippen LogP contribution in [0.4, 0.5) is 4.39 Å². The van der Waals surface area contributed by atoms with Crippen LogP contribution in [-0.2, 0) is 0 Å². The summed E-state index contributed by atoms with van der Waals surface area (Å²) in [6.45, 7) is 0. The average molecular weight is 232 g/mol. The van der Waals surface area contributed by atoms with E-state index < -0.39 is 0 Å². The number of halogens is 1. The van der Waals surface area contributed by atoms with Gasteiger partial charge in [0.1, 0.15) is 17.3 Å². The van der Waals surface area contributed by atoms with E-state index in [4.69, 9.17) is 0 Å². The topological polar surface area (TPSA) is 54.5 Å². The molecule has 88 valence electrons. The normalized spacial score (nSPS) is 16.5. The van der Waals surface area contributed by atoms with Crippen molar-refractivity contribution in [2.75, 3.05) is 0 Å². The van der Waals surface area contributed by atoms with Crippen molar-refractivity contribution in [1.29, 1.82) is 0 Å². The minimum atomic E-state index is -0.347. The molecule has 0 aliphatic heterocycles. The van der Waals surface area contributed by atoms with Crippen molar-refractivity contribution in [2.24, 2.45) is 0 Å². The fourth-order valence-corrected chi connectivity index (χ4v) is 2.28. The molecule has 0 aromatic carbocycles. The molecule has 17 heavy (non-hydrogen) atoms. The Morgan fingerprint density at radius 2 is 2.06 bits per heavy atom. The monoisotopic (exact) mass is 232 g/mol. The van der Waals surface area contributed by atoms with E-state index in [0.717, 1.165) is 5.82 Å². The second-order valence-corrected chi connectivity index (χ2v) is 4.39. The Morgan fingerprint density at radius 1 is 1.24 bits per heavy atom. The van der Waals surface area contributed by atoms with E-state index in [0.29, 0.717) is 17.4 Å². The van der Waals surface area contributed by atoms with Crippen molar-refractivity contribution < 1.29 is 4.39 Å². The van der Waals surface area contributed by atoms with Crippen LogP contribution in [0, 0.1) is 5.82 Å². The van der Waals surface area contributed by atoms with Gasteiger partial charge in [0.05, 0.1) is 6.20 Å². The molecule has 1 aliphatic carbocycles. The van der Waals surface area contributed by atoms with E-state index >= 15 is 0 Å². The molecule has 1 aliphatic rings. The fourth-order valence-electron chi connectivity index (χ4n) is 2.28. The first-order chi connectivity index (χ1) is 8.33. The van der Waals surface area contributed by atoms with Crippen molar-refractivity contribution in [1.82, 2.24) is 20.2 Å². The lowest BCUT2D eigenvalue weighted by Crippen LogP contribution is -1.94. The molecular weight excluding hydrogens is 219 g/mol. The summed E-state index contributed by atoms with van der Waals surface area (Å²) in [5, 5.41) is 7.11. The molecule has 0 bridgehead atoms. The SMILES string of the molecule is Fc1ccc(-c2n[nH]c(C3CCCC3)n2)nc1. The first-order valence-corrected chi connectivity index (χ1v) is 5.87. The first-order valence-electron chi connectivity index (χ1n) is 5.87. The molecule has 0 amide bonds. The molecule has 5 heteroatoms. The number of aromatic nitrogens is 4. The lowest BCUT2D eigenvalue weighted by Gasteiger charge is -2.01. The quantitative estimate of drug-likeness (QED) is 0.866. The van der Waals surface area contributed by atoms with Crippen molar-refractivity contribution in [3.63, 3.8) is 0 Å². The van der Waals surface area contributed by atoms with Crippen molar-refractivity contribution >= 4 is 0 Å². The van der Waals surface area contributed by atoms with Gasteiger partial charge in [0.2, 0.25) is 0 Å². The number of hydrogen-bond acceptors (Lipinski definition) is 3. The lowest BCUT2D eigenvalue weighted by molar-refractivity contribution is 0.621. The molecule has 3 rings (SSSR count). The van der Waals surface area contributed by atoms with Gasteiger partial charge in [-0.2, -0.15) is 5.10 Å². The average Bonchev–Trinajstić information content (AvgIpc) is 3.00. The molecular formula is C12H13FN4. The van der Waals surface area contributed by atoms with Crippen LogP contribution in [0.3, 0.4) is 0 Å². The van der Waals surface area contributed by atoms with E-state index in [1.54, 1.807) is 6.07 Å². The van der Waals surface area contributed by atoms with Crippen molar-refractivity contribution in [2.45, 2.75) is 31.6 Å². The van der Waals surface area contributed by atoms with Crippen LogP contribution in [0.15, 0.2) is 18.3 Å². The van der Waals surface area contributed by atoms with E-state index in [1.165, 1.54) is 37.9 Å². The summed E-state index contributed by atoms with van der Waals surface area (Å²) in [6, 6.07) is 2.96. The van der Waals surface area contributed by atoms with Crippen molar-refractivity contribution in [3.8, 4) is 11.5 Å². The van der Waals surface area contributed by atoms with Gasteiger partial charge in [-0.15, -0.1) is 0 Å². The Balaban J connectivity index is 1.86. The highest BCUT2D eigenvalue weighted by Crippen LogP contribution is 2.32. The molecule has 1 N–H and O–H groups in total. The summed E-state index contributed by atoms with van der Waals surface area (Å²) >= 11 is 0. The molecule has 2 heterocycles. The maximum absolute atomic E-state index is 12.7. The second kappa shape index (κ2) is 4.24. The highest BCUT2D eigenvalue weighted by molar-refractivity contribution is 5.47. The number of hydrogen-bond donors (Lipinski definition) is 1. The third-order valence-electron chi connectivity index (χ3n) is 3.20. The number of nitrogens with zero attached hydrogens (tertiary/aromatic N) is 3. The molecule has 1 fully saturated rings. The summed E-state index contributed by atoms with van der Waals surface area (Å²) in [4.78, 5) is 8.41. The zero-order chi connectivity index (χ0) is 11.7. The largest absolute Gasteiger partial charge is 0.262 e. The smallest absolute Gasteiger partial charge is 0.199 e. The standard InChI is InChI=1S/C12H13FN4/c13-9-5-6-10(14-7-9)12-15-11(16-17-12)8-3-1-2-4-8/h5-8H,1-4H2,(H,15,16,17). The molecule has 0 spiro atoms. The maximum Gasteiger partial charge on any atom is 0.199 e. The number of nitrogens with one attached hydrogen (secondary N) is 1. The third kappa shape index (κ3) is 2.05. The summed E-state index contributed by atoms with van der Waals surface area (Å²) in [5.41, 5.74) is 0.604. The Bertz CT molecular complexity index is 499. The predicted octanol–water partition coefficient (Wildman–Crippen LogP) is 2.66. The highest BCUT2D eigenvalue weighted by Gasteiger charge is 2.21. The summed E-state index contributed by atoms with van der Waals surface area (Å²) in [5.74, 6) is 1.63. The number of H-pyrrole nitrogens is 1. The van der Waals surface area contributed by atoms with E-state index in [-0.39, 0.29) is 5.82 Å². The van der Waals surface area contributed by atoms with Crippen LogP contribution in [0.5, 0.6) is 0 Å². The Morgan fingerprint density at radius 3 is 2.76 bits per heavy atom. The lowest BCUT2D eigenvalue weighted by atomic mass is 10.1. The van der Waals surface area contributed by atoms with E-state index in [1.807, 2.05) is 0 Å². The van der Waals surface area contributed by atoms with Gasteiger partial charge in [-0.3, -0.25) is 5.10 Å². The van der Waals surface area contributed by atoms with Gasteiger partial charge in [0, 0.05) is 5.92 Å². The van der Waals surface area contributed by atoms with Crippen LogP contribution < -0.4 is 0 Å². The van der Waals surface area contributed by atoms with Crippen LogP contribution in [0.25, 0.3) is 11.5 Å². The zero-order valence-electron chi connectivity index (χ0n) is 9.36. The van der Waals surface area contributed by atoms with Gasteiger partial charge in [-0.05, 0) is 25.0 Å². The maximum atomic E-state index is 12.7. The Hall–Kier alpha value is -1.78. The van der Waals surface area contributed by atoms with Crippen LogP contribution in [0.1, 0.15) is 37.4 Å². The Labute approximate surface area is 98.3 Å². The molecule has 0 radical (unpaired) electrons. The van der Waals surface area contributed by atoms with E-state index in [9.17, 15) is 4.39 Å². The van der Waals surface area contributed by atoms with Gasteiger partial charge in [0.15, 0.2) is 5.82 Å². The van der Waals surface area contributed by atoms with Crippen molar-refractivity contribution in [3.05, 3.63) is 30.0 Å². The second-order valence-electron chi connectivity index (χ2n) is 4.39. The zero-order valence-corrected chi connectivity index (χ0v) is 9.36. The molecule has 0 unspecified atom stereocenters. The molecule has 2 aromatic rings. The fraction of sp³-hybridized carbons (Fsp3) is 0.417. The number of aromatic amines is 1. The summed E-state index contributed by atoms with van der Waals surface area (Å²) in [7, 11) is 0.